The van der Waals surface area contributed by atoms with E-state index >= 15 is 0 Å². The van der Waals surface area contributed by atoms with Gasteiger partial charge in [0.1, 0.15) is 5.82 Å². The third-order valence-electron chi connectivity index (χ3n) is 3.00. The molecule has 0 saturated carbocycles. The molecule has 0 aromatic heterocycles. The summed E-state index contributed by atoms with van der Waals surface area (Å²) < 4.78 is 12.8. The van der Waals surface area contributed by atoms with Crippen molar-refractivity contribution in [2.75, 3.05) is 12.3 Å². The van der Waals surface area contributed by atoms with Crippen molar-refractivity contribution < 1.29 is 9.18 Å². The number of thioether (sulfide) groups is 1. The summed E-state index contributed by atoms with van der Waals surface area (Å²) in [6.07, 6.45) is 3.11. The minimum absolute atomic E-state index is 0.155. The maximum Gasteiger partial charge on any atom is 0.244 e. The van der Waals surface area contributed by atoms with E-state index in [0.29, 0.717) is 6.54 Å². The summed E-state index contributed by atoms with van der Waals surface area (Å²) >= 11 is 7.66. The molecule has 0 aliphatic heterocycles. The summed E-state index contributed by atoms with van der Waals surface area (Å²) in [7, 11) is 0. The fraction of sp³-hybridized carbons (Fsp3) is 0.167. The number of rotatable bonds is 7. The minimum Gasteiger partial charge on any atom is -0.352 e. The van der Waals surface area contributed by atoms with Gasteiger partial charge < -0.3 is 5.32 Å². The van der Waals surface area contributed by atoms with Gasteiger partial charge in [-0.1, -0.05) is 35.9 Å². The van der Waals surface area contributed by atoms with E-state index < -0.39 is 0 Å². The molecule has 23 heavy (non-hydrogen) atoms. The lowest BCUT2D eigenvalue weighted by Crippen LogP contribution is -2.23. The molecule has 2 aromatic rings. The topological polar surface area (TPSA) is 29.1 Å². The summed E-state index contributed by atoms with van der Waals surface area (Å²) in [5.74, 6) is 1.24. The Morgan fingerprint density at radius 2 is 2.00 bits per heavy atom. The highest BCUT2D eigenvalue weighted by Crippen LogP contribution is 2.16. The minimum atomic E-state index is -0.289. The lowest BCUT2D eigenvalue weighted by atomic mass is 10.2. The van der Waals surface area contributed by atoms with Crippen molar-refractivity contribution in [3.63, 3.8) is 0 Å². The number of nitrogens with one attached hydrogen (secondary N) is 1. The largest absolute Gasteiger partial charge is 0.352 e. The first-order chi connectivity index (χ1) is 11.1. The van der Waals surface area contributed by atoms with Crippen LogP contribution in [-0.4, -0.2) is 18.2 Å². The van der Waals surface area contributed by atoms with Crippen LogP contribution in [0.25, 0.3) is 6.08 Å². The van der Waals surface area contributed by atoms with Gasteiger partial charge in [0, 0.05) is 29.1 Å². The molecule has 0 spiro atoms. The molecule has 2 nitrogen and oxygen atoms in total. The fourth-order valence-electron chi connectivity index (χ4n) is 1.87. The predicted octanol–water partition coefficient (Wildman–Crippen LogP) is 4.54. The number of hydrogen-bond donors (Lipinski definition) is 1. The maximum absolute atomic E-state index is 12.8. The van der Waals surface area contributed by atoms with Gasteiger partial charge in [-0.2, -0.15) is 11.8 Å². The van der Waals surface area contributed by atoms with E-state index in [9.17, 15) is 9.18 Å². The number of carbonyl (C=O) groups excluding carboxylic acids is 1. The Bertz CT molecular complexity index is 673. The molecule has 0 aliphatic rings. The molecule has 0 heterocycles. The Labute approximate surface area is 144 Å². The highest BCUT2D eigenvalue weighted by atomic mass is 35.5. The van der Waals surface area contributed by atoms with Crippen molar-refractivity contribution in [3.05, 3.63) is 76.6 Å². The Morgan fingerprint density at radius 1 is 1.22 bits per heavy atom. The molecular formula is C18H17ClFNOS. The Balaban J connectivity index is 1.64. The lowest BCUT2D eigenvalue weighted by Gasteiger charge is -2.03. The lowest BCUT2D eigenvalue weighted by molar-refractivity contribution is -0.116. The first-order valence-electron chi connectivity index (χ1n) is 7.17. The molecule has 0 bridgehead atoms. The van der Waals surface area contributed by atoms with Gasteiger partial charge in [-0.15, -0.1) is 0 Å². The highest BCUT2D eigenvalue weighted by molar-refractivity contribution is 7.98. The molecule has 2 rings (SSSR count). The fourth-order valence-corrected chi connectivity index (χ4v) is 2.89. The van der Waals surface area contributed by atoms with Crippen LogP contribution in [0.5, 0.6) is 0 Å². The number of benzene rings is 2. The summed E-state index contributed by atoms with van der Waals surface area (Å²) in [4.78, 5) is 11.7. The van der Waals surface area contributed by atoms with Crippen molar-refractivity contribution in [2.45, 2.75) is 5.75 Å². The summed E-state index contributed by atoms with van der Waals surface area (Å²) in [6, 6.07) is 13.7. The number of carbonyl (C=O) groups is 1. The predicted molar refractivity (Wildman–Crippen MR) is 96.1 cm³/mol. The molecule has 0 atom stereocenters. The van der Waals surface area contributed by atoms with Crippen LogP contribution in [0, 0.1) is 5.82 Å². The quantitative estimate of drug-likeness (QED) is 0.587. The SMILES string of the molecule is O=C(C=Cc1ccc(F)cc1)NCCSCc1cccc(Cl)c1. The Hall–Kier alpha value is -1.78. The van der Waals surface area contributed by atoms with Crippen LogP contribution in [0.1, 0.15) is 11.1 Å². The zero-order valence-electron chi connectivity index (χ0n) is 12.5. The van der Waals surface area contributed by atoms with E-state index in [2.05, 4.69) is 5.32 Å². The van der Waals surface area contributed by atoms with Gasteiger partial charge in [0.25, 0.3) is 0 Å². The van der Waals surface area contributed by atoms with Gasteiger partial charge in [-0.05, 0) is 41.5 Å². The van der Waals surface area contributed by atoms with E-state index in [1.165, 1.54) is 23.8 Å². The third-order valence-corrected chi connectivity index (χ3v) is 4.27. The van der Waals surface area contributed by atoms with Crippen molar-refractivity contribution in [3.8, 4) is 0 Å². The number of amides is 1. The van der Waals surface area contributed by atoms with Gasteiger partial charge in [-0.3, -0.25) is 4.79 Å². The van der Waals surface area contributed by atoms with Gasteiger partial charge >= 0.3 is 0 Å². The second-order valence-corrected chi connectivity index (χ2v) is 6.40. The van der Waals surface area contributed by atoms with Gasteiger partial charge in [-0.25, -0.2) is 4.39 Å². The second kappa shape index (κ2) is 9.38. The second-order valence-electron chi connectivity index (χ2n) is 4.86. The Morgan fingerprint density at radius 3 is 2.74 bits per heavy atom. The van der Waals surface area contributed by atoms with Crippen LogP contribution in [0.4, 0.5) is 4.39 Å². The molecule has 1 N–H and O–H groups in total. The van der Waals surface area contributed by atoms with Crippen LogP contribution in [0.15, 0.2) is 54.6 Å². The average Bonchev–Trinajstić information content (AvgIpc) is 2.54. The maximum atomic E-state index is 12.8. The van der Waals surface area contributed by atoms with E-state index in [1.807, 2.05) is 24.3 Å². The summed E-state index contributed by atoms with van der Waals surface area (Å²) in [6.45, 7) is 0.595. The standard InChI is InChI=1S/C18H17ClFNOS/c19-16-3-1-2-15(12-16)13-23-11-10-21-18(22)9-6-14-4-7-17(20)8-5-14/h1-9,12H,10-11,13H2,(H,21,22). The van der Waals surface area contributed by atoms with E-state index in [1.54, 1.807) is 30.0 Å². The molecule has 0 radical (unpaired) electrons. The van der Waals surface area contributed by atoms with Crippen molar-refractivity contribution in [1.29, 1.82) is 0 Å². The smallest absolute Gasteiger partial charge is 0.244 e. The first-order valence-corrected chi connectivity index (χ1v) is 8.70. The molecule has 1 amide bonds. The van der Waals surface area contributed by atoms with Gasteiger partial charge in [0.15, 0.2) is 0 Å². The van der Waals surface area contributed by atoms with Crippen LogP contribution >= 0.6 is 23.4 Å². The molecule has 0 unspecified atom stereocenters. The van der Waals surface area contributed by atoms with Crippen LogP contribution in [0.3, 0.4) is 0 Å². The molecule has 0 aliphatic carbocycles. The highest BCUT2D eigenvalue weighted by Gasteiger charge is 1.98. The van der Waals surface area contributed by atoms with Crippen molar-refractivity contribution in [1.82, 2.24) is 5.32 Å². The van der Waals surface area contributed by atoms with E-state index in [0.717, 1.165) is 22.1 Å². The van der Waals surface area contributed by atoms with E-state index in [-0.39, 0.29) is 11.7 Å². The zero-order valence-corrected chi connectivity index (χ0v) is 14.0. The number of halogens is 2. The first kappa shape index (κ1) is 17.6. The zero-order chi connectivity index (χ0) is 16.5. The Kier molecular flexibility index (Phi) is 7.17. The van der Waals surface area contributed by atoms with Crippen LogP contribution in [0.2, 0.25) is 5.02 Å². The van der Waals surface area contributed by atoms with Crippen molar-refractivity contribution >= 4 is 35.3 Å². The van der Waals surface area contributed by atoms with Crippen molar-refractivity contribution in [2.24, 2.45) is 0 Å². The van der Waals surface area contributed by atoms with Gasteiger partial charge in [0.2, 0.25) is 5.91 Å². The molecule has 2 aromatic carbocycles. The normalized spacial score (nSPS) is 10.9. The van der Waals surface area contributed by atoms with Crippen LogP contribution in [-0.2, 0) is 10.5 Å². The van der Waals surface area contributed by atoms with Gasteiger partial charge in [0.05, 0.1) is 0 Å². The average molecular weight is 350 g/mol. The third kappa shape index (κ3) is 6.89. The molecular weight excluding hydrogens is 333 g/mol. The molecule has 5 heteroatoms. The molecule has 0 fully saturated rings. The molecule has 120 valence electrons. The van der Waals surface area contributed by atoms with E-state index in [4.69, 9.17) is 11.6 Å². The van der Waals surface area contributed by atoms with Crippen LogP contribution < -0.4 is 5.32 Å². The number of hydrogen-bond acceptors (Lipinski definition) is 2. The summed E-state index contributed by atoms with van der Waals surface area (Å²) in [5, 5.41) is 3.55. The molecule has 0 saturated heterocycles. The monoisotopic (exact) mass is 349 g/mol. The summed E-state index contributed by atoms with van der Waals surface area (Å²) in [5.41, 5.74) is 1.96.